The van der Waals surface area contributed by atoms with Gasteiger partial charge in [-0.25, -0.2) is 0 Å². The van der Waals surface area contributed by atoms with Crippen LogP contribution in [0.1, 0.15) is 92.4 Å². The zero-order valence-electron chi connectivity index (χ0n) is 18.5. The number of carbonyl (C=O) groups is 1. The molecular weight excluding hydrogens is 334 g/mol. The van der Waals surface area contributed by atoms with Crippen molar-refractivity contribution in [3.05, 3.63) is 35.5 Å². The Hall–Kier alpha value is -1.19. The third-order valence-corrected chi connectivity index (χ3v) is 4.64. The first-order valence-corrected chi connectivity index (χ1v) is 10.8. The van der Waals surface area contributed by atoms with Crippen LogP contribution in [0.2, 0.25) is 0 Å². The first-order valence-electron chi connectivity index (χ1n) is 10.8. The summed E-state index contributed by atoms with van der Waals surface area (Å²) in [6.07, 6.45) is 18.4. The van der Waals surface area contributed by atoms with Crippen LogP contribution in [-0.4, -0.2) is 24.0 Å². The van der Waals surface area contributed by atoms with Crippen molar-refractivity contribution < 1.29 is 9.90 Å². The Morgan fingerprint density at radius 3 is 2.11 bits per heavy atom. The fourth-order valence-electron chi connectivity index (χ4n) is 2.54. The average molecular weight is 380 g/mol. The molecule has 0 rings (SSSR count). The van der Waals surface area contributed by atoms with Crippen molar-refractivity contribution >= 4 is 6.29 Å². The lowest BCUT2D eigenvalue weighted by molar-refractivity contribution is -0.110. The van der Waals surface area contributed by atoms with Gasteiger partial charge >= 0.3 is 0 Å². The van der Waals surface area contributed by atoms with E-state index in [0.29, 0.717) is 0 Å². The Morgan fingerprint density at radius 2 is 1.59 bits per heavy atom. The largest absolute Gasteiger partial charge is 0.389 e. The molecule has 0 aliphatic rings. The fourth-order valence-corrected chi connectivity index (χ4v) is 2.54. The number of rotatable bonds is 14. The molecule has 0 radical (unpaired) electrons. The molecule has 0 aliphatic carbocycles. The molecular formula is C24H45NO2. The van der Waals surface area contributed by atoms with E-state index < -0.39 is 0 Å². The van der Waals surface area contributed by atoms with E-state index in [1.165, 1.54) is 12.8 Å². The minimum absolute atomic E-state index is 0.0243. The van der Waals surface area contributed by atoms with Crippen molar-refractivity contribution in [2.45, 2.75) is 98.5 Å². The third kappa shape index (κ3) is 18.0. The summed E-state index contributed by atoms with van der Waals surface area (Å²) in [5.41, 5.74) is 7.31. The molecule has 3 N–H and O–H groups in total. The van der Waals surface area contributed by atoms with Crippen molar-refractivity contribution in [2.75, 3.05) is 6.54 Å². The molecule has 0 aliphatic heterocycles. The van der Waals surface area contributed by atoms with E-state index >= 15 is 0 Å². The zero-order chi connectivity index (χ0) is 20.9. The van der Waals surface area contributed by atoms with Gasteiger partial charge in [0.1, 0.15) is 6.29 Å². The smallest absolute Gasteiger partial charge is 0.127 e. The third-order valence-electron chi connectivity index (χ3n) is 4.64. The molecule has 2 atom stereocenters. The first-order chi connectivity index (χ1) is 13.0. The summed E-state index contributed by atoms with van der Waals surface area (Å²) in [5, 5.41) is 10.0. The van der Waals surface area contributed by atoms with Crippen molar-refractivity contribution in [1.29, 1.82) is 0 Å². The summed E-state index contributed by atoms with van der Waals surface area (Å²) >= 11 is 0. The molecule has 0 spiro atoms. The number of aliphatic hydroxyl groups excluding tert-OH is 1. The molecule has 0 fully saturated rings. The van der Waals surface area contributed by atoms with Crippen LogP contribution in [0, 0.1) is 5.92 Å². The lowest BCUT2D eigenvalue weighted by Gasteiger charge is -2.12. The van der Waals surface area contributed by atoms with Gasteiger partial charge < -0.3 is 15.6 Å². The molecule has 0 aromatic carbocycles. The Kier molecular flexibility index (Phi) is 21.9. The molecule has 3 nitrogen and oxygen atoms in total. The topological polar surface area (TPSA) is 63.3 Å². The first kappa shape index (κ1) is 28.0. The van der Waals surface area contributed by atoms with Crippen molar-refractivity contribution in [1.82, 2.24) is 0 Å². The van der Waals surface area contributed by atoms with Crippen molar-refractivity contribution in [2.24, 2.45) is 11.7 Å². The highest BCUT2D eigenvalue weighted by molar-refractivity contribution is 5.58. The quantitative estimate of drug-likeness (QED) is 0.165. The number of aldehydes is 1. The average Bonchev–Trinajstić information content (AvgIpc) is 2.67. The molecule has 3 heteroatoms. The van der Waals surface area contributed by atoms with Crippen molar-refractivity contribution in [3.8, 4) is 0 Å². The van der Waals surface area contributed by atoms with Gasteiger partial charge in [0.2, 0.25) is 0 Å². The predicted molar refractivity (Wildman–Crippen MR) is 120 cm³/mol. The summed E-state index contributed by atoms with van der Waals surface area (Å²) in [5.74, 6) is 0.0243. The molecule has 2 unspecified atom stereocenters. The van der Waals surface area contributed by atoms with Gasteiger partial charge in [-0.1, -0.05) is 75.8 Å². The molecule has 0 bridgehead atoms. The number of hydrogen-bond donors (Lipinski definition) is 2. The van der Waals surface area contributed by atoms with Crippen LogP contribution >= 0.6 is 0 Å². The Labute approximate surface area is 168 Å². The maximum atomic E-state index is 11.1. The number of unbranched alkanes of at least 4 members (excludes halogenated alkanes) is 4. The van der Waals surface area contributed by atoms with Crippen LogP contribution in [0.3, 0.4) is 0 Å². The lowest BCUT2D eigenvalue weighted by Crippen LogP contribution is -2.08. The molecule has 0 saturated heterocycles. The van der Waals surface area contributed by atoms with Gasteiger partial charge in [-0.2, -0.15) is 0 Å². The van der Waals surface area contributed by atoms with E-state index in [9.17, 15) is 9.90 Å². The second-order valence-electron chi connectivity index (χ2n) is 7.22. The van der Waals surface area contributed by atoms with Crippen LogP contribution in [0.5, 0.6) is 0 Å². The van der Waals surface area contributed by atoms with Crippen LogP contribution < -0.4 is 5.73 Å². The van der Waals surface area contributed by atoms with Gasteiger partial charge in [0.05, 0.1) is 6.10 Å². The molecule has 0 aromatic heterocycles. The van der Waals surface area contributed by atoms with Gasteiger partial charge in [0.25, 0.3) is 0 Å². The maximum absolute atomic E-state index is 11.1. The van der Waals surface area contributed by atoms with Crippen LogP contribution in [0.4, 0.5) is 0 Å². The van der Waals surface area contributed by atoms with Crippen LogP contribution in [0.25, 0.3) is 0 Å². The lowest BCUT2D eigenvalue weighted by atomic mass is 9.95. The Morgan fingerprint density at radius 1 is 0.963 bits per heavy atom. The number of aliphatic hydroxyl groups is 1. The van der Waals surface area contributed by atoms with E-state index in [2.05, 4.69) is 26.0 Å². The van der Waals surface area contributed by atoms with Gasteiger partial charge in [0.15, 0.2) is 0 Å². The summed E-state index contributed by atoms with van der Waals surface area (Å²) in [7, 11) is 0. The number of carbonyl (C=O) groups excluding carboxylic acids is 1. The molecule has 158 valence electrons. The summed E-state index contributed by atoms with van der Waals surface area (Å²) in [6.45, 7) is 11.1. The standard InChI is InChI=1S/C18H32O2.C6H13N/c1-5-7-9-11-18(20)16(4)13-12-15(3)17(14-19)10-8-6-2;1-2-3-4-5-6-7/h12-14,17-18,20H,5-11H2,1-4H3;2-3H,4-7H2,1H3/b15-12+,16-13+;3-2-. The predicted octanol–water partition coefficient (Wildman–Crippen LogP) is 6.13. The number of hydrogen-bond acceptors (Lipinski definition) is 3. The molecule has 0 amide bonds. The van der Waals surface area contributed by atoms with Crippen molar-refractivity contribution in [3.63, 3.8) is 0 Å². The zero-order valence-corrected chi connectivity index (χ0v) is 18.5. The molecule has 0 aromatic rings. The van der Waals surface area contributed by atoms with E-state index in [-0.39, 0.29) is 12.0 Å². The summed E-state index contributed by atoms with van der Waals surface area (Å²) in [4.78, 5) is 11.1. The molecule has 0 heterocycles. The van der Waals surface area contributed by atoms with Gasteiger partial charge in [-0.05, 0) is 58.6 Å². The van der Waals surface area contributed by atoms with Gasteiger partial charge in [-0.15, -0.1) is 0 Å². The normalized spacial score (nSPS) is 14.6. The number of nitrogens with two attached hydrogens (primary N) is 1. The van der Waals surface area contributed by atoms with Crippen LogP contribution in [0.15, 0.2) is 35.5 Å². The second kappa shape index (κ2) is 21.1. The Bertz CT molecular complexity index is 424. The van der Waals surface area contributed by atoms with E-state index in [0.717, 1.165) is 68.9 Å². The van der Waals surface area contributed by atoms with Gasteiger partial charge in [0, 0.05) is 5.92 Å². The minimum atomic E-state index is -0.351. The van der Waals surface area contributed by atoms with E-state index in [1.807, 2.05) is 32.9 Å². The number of allylic oxidation sites excluding steroid dienone is 5. The second-order valence-corrected chi connectivity index (χ2v) is 7.22. The fraction of sp³-hybridized carbons (Fsp3) is 0.708. The Balaban J connectivity index is 0. The highest BCUT2D eigenvalue weighted by atomic mass is 16.3. The molecule has 0 saturated carbocycles. The summed E-state index contributed by atoms with van der Waals surface area (Å²) in [6, 6.07) is 0. The SMILES string of the molecule is C/C=C\CCCN.CCCCCC(O)/C(C)=C/C=C(\C)C(C=O)CCCC. The monoisotopic (exact) mass is 379 g/mol. The summed E-state index contributed by atoms with van der Waals surface area (Å²) < 4.78 is 0. The highest BCUT2D eigenvalue weighted by Crippen LogP contribution is 2.17. The van der Waals surface area contributed by atoms with E-state index in [4.69, 9.17) is 5.73 Å². The van der Waals surface area contributed by atoms with E-state index in [1.54, 1.807) is 0 Å². The highest BCUT2D eigenvalue weighted by Gasteiger charge is 2.09. The molecule has 27 heavy (non-hydrogen) atoms. The minimum Gasteiger partial charge on any atom is -0.389 e. The van der Waals surface area contributed by atoms with Gasteiger partial charge in [-0.3, -0.25) is 0 Å². The van der Waals surface area contributed by atoms with Crippen LogP contribution in [-0.2, 0) is 4.79 Å². The maximum Gasteiger partial charge on any atom is 0.127 e.